The fourth-order valence-electron chi connectivity index (χ4n) is 6.23. The van der Waals surface area contributed by atoms with Crippen LogP contribution in [0.2, 0.25) is 0 Å². The Morgan fingerprint density at radius 3 is 1.93 bits per heavy atom. The van der Waals surface area contributed by atoms with Gasteiger partial charge in [-0.25, -0.2) is 13.8 Å². The molecule has 3 aliphatic rings. The molecule has 1 atom stereocenters. The molecule has 3 nitrogen and oxygen atoms in total. The van der Waals surface area contributed by atoms with Crippen LogP contribution in [0.5, 0.6) is 0 Å². The van der Waals surface area contributed by atoms with Gasteiger partial charge in [0.15, 0.2) is 4.80 Å². The van der Waals surface area contributed by atoms with E-state index in [0.717, 1.165) is 72.4 Å². The normalized spacial score (nSPS) is 18.5. The third-order valence-electron chi connectivity index (χ3n) is 8.36. The first kappa shape index (κ1) is 29.2. The highest BCUT2D eigenvalue weighted by Gasteiger charge is 2.34. The minimum absolute atomic E-state index is 0.0871. The van der Waals surface area contributed by atoms with Crippen LogP contribution in [0, 0.1) is 11.6 Å². The molecule has 0 amide bonds. The van der Waals surface area contributed by atoms with Crippen molar-refractivity contribution in [1.82, 2.24) is 4.57 Å². The van der Waals surface area contributed by atoms with Crippen molar-refractivity contribution in [3.05, 3.63) is 180 Å². The second-order valence-corrected chi connectivity index (χ2v) is 14.6. The molecule has 1 aliphatic carbocycles. The number of thiazole rings is 1. The zero-order valence-corrected chi connectivity index (χ0v) is 26.9. The van der Waals surface area contributed by atoms with E-state index in [-0.39, 0.29) is 17.2 Å². The highest BCUT2D eigenvalue weighted by molar-refractivity contribution is 8.41. The first-order valence-electron chi connectivity index (χ1n) is 15.0. The van der Waals surface area contributed by atoms with Crippen molar-refractivity contribution < 1.29 is 8.78 Å². The maximum atomic E-state index is 14.5. The fourth-order valence-corrected chi connectivity index (χ4v) is 10.2. The molecular weight excluding hydrogens is 635 g/mol. The number of fused-ring (bicyclic) bond motifs is 1. The Balaban J connectivity index is 1.32. The maximum Gasteiger partial charge on any atom is 0.272 e. The zero-order chi connectivity index (χ0) is 31.2. The monoisotopic (exact) mass is 660 g/mol. The lowest BCUT2D eigenvalue weighted by atomic mass is 9.84. The average molecular weight is 661 g/mol. The second-order valence-electron chi connectivity index (χ2n) is 11.3. The van der Waals surface area contributed by atoms with E-state index in [0.29, 0.717) is 9.33 Å². The Labute approximate surface area is 277 Å². The van der Waals surface area contributed by atoms with Gasteiger partial charge in [-0.1, -0.05) is 120 Å². The summed E-state index contributed by atoms with van der Waals surface area (Å²) in [5.74, 6) is -0.597. The van der Waals surface area contributed by atoms with Crippen LogP contribution in [-0.2, 0) is 0 Å². The summed E-state index contributed by atoms with van der Waals surface area (Å²) in [6.45, 7) is 0. The van der Waals surface area contributed by atoms with Crippen molar-refractivity contribution in [1.29, 1.82) is 0 Å². The van der Waals surface area contributed by atoms with Gasteiger partial charge in [-0.3, -0.25) is 9.36 Å². The van der Waals surface area contributed by atoms with E-state index in [2.05, 4.69) is 30.3 Å². The highest BCUT2D eigenvalue weighted by Crippen LogP contribution is 2.57. The molecule has 0 N–H and O–H groups in total. The van der Waals surface area contributed by atoms with Crippen LogP contribution in [0.15, 0.2) is 136 Å². The molecule has 5 aromatic rings. The topological polar surface area (TPSA) is 34.4 Å². The minimum Gasteiger partial charge on any atom is -0.272 e. The predicted molar refractivity (Wildman–Crippen MR) is 187 cm³/mol. The molecular formula is C38H26F2N2OS3. The number of allylic oxidation sites excluding steroid dienone is 2. The Morgan fingerprint density at radius 2 is 1.33 bits per heavy atom. The van der Waals surface area contributed by atoms with Crippen molar-refractivity contribution in [3.63, 3.8) is 0 Å². The van der Waals surface area contributed by atoms with E-state index < -0.39 is 6.04 Å². The molecule has 0 radical (unpaired) electrons. The molecule has 46 heavy (non-hydrogen) atoms. The zero-order valence-electron chi connectivity index (χ0n) is 24.5. The molecule has 8 heteroatoms. The van der Waals surface area contributed by atoms with Gasteiger partial charge in [-0.2, -0.15) is 0 Å². The first-order chi connectivity index (χ1) is 22.5. The van der Waals surface area contributed by atoms with Gasteiger partial charge in [0, 0.05) is 9.81 Å². The van der Waals surface area contributed by atoms with Crippen LogP contribution < -0.4 is 14.9 Å². The summed E-state index contributed by atoms with van der Waals surface area (Å²) >= 11 is 4.68. The Hall–Kier alpha value is -4.24. The van der Waals surface area contributed by atoms with Crippen molar-refractivity contribution in [3.8, 4) is 0 Å². The van der Waals surface area contributed by atoms with Gasteiger partial charge < -0.3 is 0 Å². The fraction of sp³-hybridized carbons (Fsp3) is 0.105. The van der Waals surface area contributed by atoms with Crippen molar-refractivity contribution in [2.75, 3.05) is 0 Å². The van der Waals surface area contributed by atoms with E-state index >= 15 is 0 Å². The van der Waals surface area contributed by atoms with Gasteiger partial charge in [-0.05, 0) is 83.0 Å². The smallest absolute Gasteiger partial charge is 0.272 e. The van der Waals surface area contributed by atoms with Gasteiger partial charge in [0.25, 0.3) is 5.56 Å². The average Bonchev–Trinajstić information content (AvgIpc) is 3.68. The molecule has 0 spiro atoms. The number of benzene rings is 4. The molecule has 0 saturated carbocycles. The quantitative estimate of drug-likeness (QED) is 0.193. The van der Waals surface area contributed by atoms with Gasteiger partial charge >= 0.3 is 0 Å². The number of hydrogen-bond donors (Lipinski definition) is 0. The Kier molecular flexibility index (Phi) is 7.72. The third-order valence-corrected chi connectivity index (χ3v) is 12.4. The number of rotatable bonds is 4. The van der Waals surface area contributed by atoms with Gasteiger partial charge in [0.2, 0.25) is 0 Å². The predicted octanol–water partition coefficient (Wildman–Crippen LogP) is 9.00. The molecule has 8 rings (SSSR count). The summed E-state index contributed by atoms with van der Waals surface area (Å²) in [5.41, 5.74) is 6.87. The minimum atomic E-state index is -0.398. The lowest BCUT2D eigenvalue weighted by Crippen LogP contribution is -2.39. The molecule has 0 bridgehead atoms. The van der Waals surface area contributed by atoms with Crippen molar-refractivity contribution in [2.24, 2.45) is 4.99 Å². The SMILES string of the molecule is O=c1c(=C2SC(c3ccccc3)=C(c3ccccc3)S2)sc2n1C(c1ccc(F)cc1)C1=C(N=2)/C(=C/c2ccc(F)cc2)CCC1. The molecule has 2 aliphatic heterocycles. The summed E-state index contributed by atoms with van der Waals surface area (Å²) in [4.78, 5) is 22.6. The largest absolute Gasteiger partial charge is 0.272 e. The van der Waals surface area contributed by atoms with Crippen LogP contribution in [-0.4, -0.2) is 4.57 Å². The summed E-state index contributed by atoms with van der Waals surface area (Å²) in [6.07, 6.45) is 4.57. The van der Waals surface area contributed by atoms with Crippen molar-refractivity contribution >= 4 is 55.0 Å². The Morgan fingerprint density at radius 1 is 0.739 bits per heavy atom. The van der Waals surface area contributed by atoms with E-state index in [9.17, 15) is 13.6 Å². The molecule has 1 unspecified atom stereocenters. The van der Waals surface area contributed by atoms with Crippen LogP contribution in [0.25, 0.3) is 20.1 Å². The van der Waals surface area contributed by atoms with E-state index in [4.69, 9.17) is 4.99 Å². The van der Waals surface area contributed by atoms with Crippen LogP contribution in [0.4, 0.5) is 8.78 Å². The summed E-state index contributed by atoms with van der Waals surface area (Å²) in [5, 5.41) is 0. The number of halogens is 2. The standard InChI is InChI=1S/C38H26F2N2OS3/c39-28-18-14-23(15-19-28)22-27-12-7-13-30-31(27)41-38-42(32(30)24-16-20-29(40)21-17-24)36(43)35(46-38)37-44-33(25-8-3-1-4-9-25)34(45-37)26-10-5-2-6-11-26/h1-6,8-11,14-22,32H,7,12-13H2/b27-22+. The van der Waals surface area contributed by atoms with E-state index in [1.165, 1.54) is 35.6 Å². The number of nitrogens with zero attached hydrogens (tertiary/aromatic N) is 2. The molecule has 0 saturated heterocycles. The van der Waals surface area contributed by atoms with E-state index in [1.807, 2.05) is 41.0 Å². The maximum absolute atomic E-state index is 14.5. The molecule has 3 heterocycles. The van der Waals surface area contributed by atoms with Crippen molar-refractivity contribution in [2.45, 2.75) is 25.3 Å². The van der Waals surface area contributed by atoms with Crippen LogP contribution in [0.3, 0.4) is 0 Å². The first-order valence-corrected chi connectivity index (χ1v) is 17.5. The van der Waals surface area contributed by atoms with Gasteiger partial charge in [0.1, 0.15) is 16.2 Å². The Bertz CT molecular complexity index is 2200. The van der Waals surface area contributed by atoms with E-state index in [1.54, 1.807) is 47.8 Å². The number of thioether (sulfide) groups is 2. The summed E-state index contributed by atoms with van der Waals surface area (Å²) in [6, 6.07) is 33.1. The lowest BCUT2D eigenvalue weighted by Gasteiger charge is -2.31. The lowest BCUT2D eigenvalue weighted by molar-refractivity contribution is 0.551. The van der Waals surface area contributed by atoms with Gasteiger partial charge in [-0.15, -0.1) is 0 Å². The van der Waals surface area contributed by atoms with Crippen LogP contribution in [0.1, 0.15) is 47.6 Å². The number of hydrogen-bond acceptors (Lipinski definition) is 5. The van der Waals surface area contributed by atoms with Crippen LogP contribution >= 0.6 is 34.9 Å². The third kappa shape index (κ3) is 5.34. The second kappa shape index (κ2) is 12.2. The molecule has 1 aromatic heterocycles. The van der Waals surface area contributed by atoms with Gasteiger partial charge in [0.05, 0.1) is 16.0 Å². The number of aromatic nitrogens is 1. The molecule has 4 aromatic carbocycles. The summed E-state index contributed by atoms with van der Waals surface area (Å²) in [7, 11) is 0. The molecule has 0 fully saturated rings. The highest BCUT2D eigenvalue weighted by atomic mass is 32.2. The summed E-state index contributed by atoms with van der Waals surface area (Å²) < 4.78 is 31.2. The molecule has 226 valence electrons.